The molecule has 1 aromatic carbocycles. The second kappa shape index (κ2) is 15.0. The lowest BCUT2D eigenvalue weighted by Crippen LogP contribution is -2.22. The molecule has 0 spiro atoms. The second-order valence-electron chi connectivity index (χ2n) is 10.8. The average Bonchev–Trinajstić information content (AvgIpc) is 3.00. The van der Waals surface area contributed by atoms with Crippen molar-refractivity contribution >= 4 is 29.3 Å². The van der Waals surface area contributed by atoms with Gasteiger partial charge < -0.3 is 22.1 Å². The minimum atomic E-state index is -0.246. The number of carbonyl (C=O) groups excluding carboxylic acids is 1. The van der Waals surface area contributed by atoms with Crippen LogP contribution in [-0.2, 0) is 6.42 Å². The van der Waals surface area contributed by atoms with Gasteiger partial charge in [0.05, 0.1) is 11.3 Å². The molecule has 1 aliphatic carbocycles. The number of nitrogens with zero attached hydrogens (tertiary/aromatic N) is 2. The highest BCUT2D eigenvalue weighted by Gasteiger charge is 2.18. The van der Waals surface area contributed by atoms with Gasteiger partial charge in [-0.2, -0.15) is 0 Å². The minimum absolute atomic E-state index is 0.173. The number of aliphatic imine (C=N–C) groups is 1. The number of hydrogen-bond acceptors (Lipinski definition) is 7. The van der Waals surface area contributed by atoms with Gasteiger partial charge in [-0.3, -0.25) is 10.2 Å². The summed E-state index contributed by atoms with van der Waals surface area (Å²) in [5.41, 5.74) is 16.8. The highest BCUT2D eigenvalue weighted by atomic mass is 16.1. The molecule has 41 heavy (non-hydrogen) atoms. The number of aromatic nitrogens is 1. The van der Waals surface area contributed by atoms with Crippen LogP contribution in [0.2, 0.25) is 0 Å². The molecule has 2 aromatic rings. The van der Waals surface area contributed by atoms with Crippen LogP contribution >= 0.6 is 0 Å². The van der Waals surface area contributed by atoms with Crippen LogP contribution in [0.4, 0.5) is 11.5 Å². The van der Waals surface area contributed by atoms with Crippen LogP contribution in [0.1, 0.15) is 91.3 Å². The van der Waals surface area contributed by atoms with E-state index < -0.39 is 0 Å². The summed E-state index contributed by atoms with van der Waals surface area (Å²) in [6.45, 7) is 5.23. The maximum Gasteiger partial charge on any atom is 0.256 e. The summed E-state index contributed by atoms with van der Waals surface area (Å²) >= 11 is 0. The van der Waals surface area contributed by atoms with Gasteiger partial charge in [-0.15, -0.1) is 0 Å². The first-order valence-corrected chi connectivity index (χ1v) is 14.8. The molecule has 1 aromatic heterocycles. The summed E-state index contributed by atoms with van der Waals surface area (Å²) in [4.78, 5) is 21.1. The highest BCUT2D eigenvalue weighted by Crippen LogP contribution is 2.28. The zero-order valence-corrected chi connectivity index (χ0v) is 23.9. The predicted octanol–water partition coefficient (Wildman–Crippen LogP) is 6.05. The van der Waals surface area contributed by atoms with E-state index >= 15 is 0 Å². The van der Waals surface area contributed by atoms with Crippen LogP contribution in [0.25, 0.3) is 0 Å². The summed E-state index contributed by atoms with van der Waals surface area (Å²) in [5.74, 6) is 1.18. The number of nitrogen functional groups attached to an aromatic ring is 2. The Kier molecular flexibility index (Phi) is 10.9. The Morgan fingerprint density at radius 1 is 1.05 bits per heavy atom. The van der Waals surface area contributed by atoms with Crippen molar-refractivity contribution < 1.29 is 4.79 Å². The molecule has 1 aliphatic heterocycles. The van der Waals surface area contributed by atoms with Gasteiger partial charge in [0.15, 0.2) is 0 Å². The molecule has 7 N–H and O–H groups in total. The smallest absolute Gasteiger partial charge is 0.256 e. The first-order valence-electron chi connectivity index (χ1n) is 14.8. The standard InChI is InChI=1S/C33H43N7O/c1-23(24-12-7-5-8-13-24)37-20-10-4-2-3-6-14-27-22-39-32(36)29(31(27)35)30(34)25-16-18-26(19-17-25)33(41)40-28-15-9-11-21-38-28/h3,6,15-19,21-22,24,34,37H,1-2,4-5,7-14,20H2,(H,40,41)(H4,35,36,39)/b6-3+,34-30?. The third-order valence-electron chi connectivity index (χ3n) is 7.77. The van der Waals surface area contributed by atoms with Crippen LogP contribution in [0.3, 0.4) is 0 Å². The Balaban J connectivity index is 1.26. The van der Waals surface area contributed by atoms with Crippen molar-refractivity contribution in [3.8, 4) is 0 Å². The molecule has 0 unspecified atom stereocenters. The first-order chi connectivity index (χ1) is 19.9. The largest absolute Gasteiger partial charge is 0.398 e. The molecular weight excluding hydrogens is 510 g/mol. The summed E-state index contributed by atoms with van der Waals surface area (Å²) in [6.07, 6.45) is 21.8. The van der Waals surface area contributed by atoms with Crippen molar-refractivity contribution in [1.29, 1.82) is 5.41 Å². The summed E-state index contributed by atoms with van der Waals surface area (Å²) in [7, 11) is 0. The van der Waals surface area contributed by atoms with Gasteiger partial charge >= 0.3 is 0 Å². The predicted molar refractivity (Wildman–Crippen MR) is 169 cm³/mol. The lowest BCUT2D eigenvalue weighted by molar-refractivity contribution is 0.0965. The topological polar surface area (TPSA) is 142 Å². The molecule has 216 valence electrons. The fraction of sp³-hybridized carbons (Fsp3) is 0.394. The number of benzene rings is 1. The van der Waals surface area contributed by atoms with E-state index in [-0.39, 0.29) is 17.4 Å². The molecule has 0 atom stereocenters. The van der Waals surface area contributed by atoms with Gasteiger partial charge in [-0.1, -0.05) is 50.1 Å². The number of allylic oxidation sites excluding steroid dienone is 4. The van der Waals surface area contributed by atoms with E-state index in [9.17, 15) is 4.79 Å². The zero-order chi connectivity index (χ0) is 29.0. The number of nitrogens with one attached hydrogen (secondary N) is 3. The van der Waals surface area contributed by atoms with Crippen LogP contribution in [0.15, 0.2) is 71.8 Å². The van der Waals surface area contributed by atoms with Crippen molar-refractivity contribution in [2.45, 2.75) is 70.6 Å². The van der Waals surface area contributed by atoms with Gasteiger partial charge in [0.1, 0.15) is 11.6 Å². The Morgan fingerprint density at radius 2 is 1.80 bits per heavy atom. The van der Waals surface area contributed by atoms with E-state index in [1.807, 2.05) is 6.08 Å². The minimum Gasteiger partial charge on any atom is -0.398 e. The molecule has 0 saturated heterocycles. The molecule has 2 heterocycles. The molecule has 0 radical (unpaired) electrons. The van der Waals surface area contributed by atoms with Gasteiger partial charge in [0, 0.05) is 41.5 Å². The Labute approximate surface area is 243 Å². The third-order valence-corrected chi connectivity index (χ3v) is 7.77. The van der Waals surface area contributed by atoms with Crippen molar-refractivity contribution in [2.24, 2.45) is 10.9 Å². The van der Waals surface area contributed by atoms with Crippen LogP contribution in [0.5, 0.6) is 0 Å². The normalized spacial score (nSPS) is 15.5. The van der Waals surface area contributed by atoms with Gasteiger partial charge in [-0.05, 0) is 81.1 Å². The first kappa shape index (κ1) is 29.8. The maximum atomic E-state index is 12.6. The van der Waals surface area contributed by atoms with Gasteiger partial charge in [-0.25, -0.2) is 9.98 Å². The molecule has 1 amide bonds. The van der Waals surface area contributed by atoms with E-state index in [1.165, 1.54) is 37.8 Å². The van der Waals surface area contributed by atoms with Crippen LogP contribution in [-0.4, -0.2) is 29.4 Å². The molecule has 1 fully saturated rings. The average molecular weight is 554 g/mol. The number of unbranched alkanes of at least 4 members (excludes halogenated alkanes) is 2. The SMILES string of the molecule is C=C(NCCCC/C=C/Cc1cnc(N)c(C(=N)c2ccc(C(=O)NC3=CCCC=N3)cc2)c1N)C1CCCCC1. The Morgan fingerprint density at radius 3 is 2.54 bits per heavy atom. The monoisotopic (exact) mass is 553 g/mol. The number of anilines is 2. The van der Waals surface area contributed by atoms with E-state index in [2.05, 4.69) is 39.3 Å². The quantitative estimate of drug-likeness (QED) is 0.117. The van der Waals surface area contributed by atoms with E-state index in [1.54, 1.807) is 36.7 Å². The number of pyridine rings is 1. The van der Waals surface area contributed by atoms with E-state index in [4.69, 9.17) is 16.9 Å². The molecule has 2 aliphatic rings. The molecule has 1 saturated carbocycles. The van der Waals surface area contributed by atoms with E-state index in [0.717, 1.165) is 44.2 Å². The number of hydrogen-bond donors (Lipinski definition) is 5. The second-order valence-corrected chi connectivity index (χ2v) is 10.8. The van der Waals surface area contributed by atoms with Crippen molar-refractivity contribution in [2.75, 3.05) is 18.0 Å². The lowest BCUT2D eigenvalue weighted by Gasteiger charge is -2.24. The van der Waals surface area contributed by atoms with E-state index in [0.29, 0.717) is 40.5 Å². The number of nitrogens with two attached hydrogens (primary N) is 2. The molecule has 8 nitrogen and oxygen atoms in total. The summed E-state index contributed by atoms with van der Waals surface area (Å²) < 4.78 is 0. The third kappa shape index (κ3) is 8.39. The fourth-order valence-corrected chi connectivity index (χ4v) is 5.28. The highest BCUT2D eigenvalue weighted by molar-refractivity contribution is 6.17. The van der Waals surface area contributed by atoms with Crippen LogP contribution in [0, 0.1) is 11.3 Å². The number of carbonyl (C=O) groups is 1. The number of amides is 1. The zero-order valence-electron chi connectivity index (χ0n) is 23.9. The fourth-order valence-electron chi connectivity index (χ4n) is 5.28. The molecular formula is C33H43N7O. The summed E-state index contributed by atoms with van der Waals surface area (Å²) in [6, 6.07) is 6.81. The molecule has 0 bridgehead atoms. The molecule has 8 heteroatoms. The van der Waals surface area contributed by atoms with Crippen LogP contribution < -0.4 is 22.1 Å². The Hall–Kier alpha value is -4.20. The maximum absolute atomic E-state index is 12.6. The van der Waals surface area contributed by atoms with Crippen molar-refractivity contribution in [3.63, 3.8) is 0 Å². The Bertz CT molecular complexity index is 1320. The van der Waals surface area contributed by atoms with Gasteiger partial charge in [0.2, 0.25) is 0 Å². The van der Waals surface area contributed by atoms with Crippen molar-refractivity contribution in [1.82, 2.24) is 15.6 Å². The lowest BCUT2D eigenvalue weighted by atomic mass is 9.87. The molecule has 4 rings (SSSR count). The number of rotatable bonds is 13. The van der Waals surface area contributed by atoms with Crippen molar-refractivity contribution in [3.05, 3.63) is 89.0 Å². The van der Waals surface area contributed by atoms with Gasteiger partial charge in [0.25, 0.3) is 5.91 Å². The summed E-state index contributed by atoms with van der Waals surface area (Å²) in [5, 5.41) is 15.1.